The van der Waals surface area contributed by atoms with Crippen molar-refractivity contribution in [3.8, 4) is 5.75 Å². The molecule has 0 atom stereocenters. The predicted molar refractivity (Wildman–Crippen MR) is 64.7 cm³/mol. The second-order valence-corrected chi connectivity index (χ2v) is 2.91. The highest BCUT2D eigenvalue weighted by atomic mass is 16.7. The summed E-state index contributed by atoms with van der Waals surface area (Å²) < 4.78 is 8.92. The third kappa shape index (κ3) is 6.03. The maximum Gasteiger partial charge on any atom is 0.514 e. The first-order valence-electron chi connectivity index (χ1n) is 5.03. The zero-order chi connectivity index (χ0) is 14.8. The lowest BCUT2D eigenvalue weighted by Crippen LogP contribution is -2.22. The predicted octanol–water partition coefficient (Wildman–Crippen LogP) is -0.0396. The van der Waals surface area contributed by atoms with E-state index < -0.39 is 24.6 Å². The molecule has 0 aliphatic carbocycles. The first-order chi connectivity index (χ1) is 9.00. The number of carbonyl (C=O) groups excluding carboxylic acids is 2. The Labute approximate surface area is 108 Å². The lowest BCUT2D eigenvalue weighted by atomic mass is 10.2. The third-order valence-corrected chi connectivity index (χ3v) is 1.64. The molecule has 0 fully saturated rings. The molecule has 104 valence electrons. The standard InChI is InChI=1S/C10H9NO6.CH5N/c11-8(12)5-16-10(15)17-7-4-2-1-3-6(7)9(13)14;1-2/h1-4H,5H2,(H2,11,12)(H,13,14);2H2,1H3. The van der Waals surface area contributed by atoms with Gasteiger partial charge in [0.15, 0.2) is 6.61 Å². The molecule has 5 N–H and O–H groups in total. The van der Waals surface area contributed by atoms with Gasteiger partial charge in [-0.1, -0.05) is 12.1 Å². The van der Waals surface area contributed by atoms with Gasteiger partial charge in [0.25, 0.3) is 5.91 Å². The SMILES string of the molecule is CN.NC(=O)COC(=O)Oc1ccccc1C(=O)O. The smallest absolute Gasteiger partial charge is 0.478 e. The number of carbonyl (C=O) groups is 3. The number of rotatable bonds is 4. The summed E-state index contributed by atoms with van der Waals surface area (Å²) in [6.45, 7) is -0.631. The van der Waals surface area contributed by atoms with Crippen molar-refractivity contribution in [2.75, 3.05) is 13.7 Å². The molecule has 0 unspecified atom stereocenters. The molecule has 0 aliphatic rings. The molecule has 0 aliphatic heterocycles. The Morgan fingerprint density at radius 1 is 1.21 bits per heavy atom. The van der Waals surface area contributed by atoms with E-state index in [1.807, 2.05) is 0 Å². The van der Waals surface area contributed by atoms with Gasteiger partial charge in [0, 0.05) is 0 Å². The van der Waals surface area contributed by atoms with E-state index in [1.54, 1.807) is 0 Å². The van der Waals surface area contributed by atoms with Gasteiger partial charge in [0.05, 0.1) is 0 Å². The molecule has 1 amide bonds. The molecule has 0 spiro atoms. The molecule has 1 aromatic rings. The number of amides is 1. The van der Waals surface area contributed by atoms with Crippen LogP contribution in [0.2, 0.25) is 0 Å². The number of benzene rings is 1. The lowest BCUT2D eigenvalue weighted by molar-refractivity contribution is -0.121. The second kappa shape index (κ2) is 8.48. The van der Waals surface area contributed by atoms with Gasteiger partial charge >= 0.3 is 12.1 Å². The molecule has 8 heteroatoms. The van der Waals surface area contributed by atoms with Gasteiger partial charge in [-0.15, -0.1) is 0 Å². The summed E-state index contributed by atoms with van der Waals surface area (Å²) in [5.41, 5.74) is 9.06. The minimum absolute atomic E-state index is 0.172. The van der Waals surface area contributed by atoms with E-state index in [0.29, 0.717) is 0 Å². The molecule has 0 heterocycles. The van der Waals surface area contributed by atoms with Gasteiger partial charge in [-0.05, 0) is 19.2 Å². The van der Waals surface area contributed by atoms with E-state index in [4.69, 9.17) is 10.8 Å². The van der Waals surface area contributed by atoms with Crippen LogP contribution in [0.1, 0.15) is 10.4 Å². The maximum atomic E-state index is 11.0. The lowest BCUT2D eigenvalue weighted by Gasteiger charge is -2.06. The number of ether oxygens (including phenoxy) is 2. The molecular weight excluding hydrogens is 256 g/mol. The number of carboxylic acid groups (broad SMARTS) is 1. The van der Waals surface area contributed by atoms with E-state index in [-0.39, 0.29) is 11.3 Å². The highest BCUT2D eigenvalue weighted by molar-refractivity contribution is 5.91. The highest BCUT2D eigenvalue weighted by Crippen LogP contribution is 2.18. The average molecular weight is 270 g/mol. The Balaban J connectivity index is 0.00000154. The molecule has 1 aromatic carbocycles. The number of hydrogen-bond acceptors (Lipinski definition) is 6. The minimum atomic E-state index is -1.25. The summed E-state index contributed by atoms with van der Waals surface area (Å²) >= 11 is 0. The Hall–Kier alpha value is -2.61. The molecule has 1 rings (SSSR count). The number of carboxylic acids is 1. The van der Waals surface area contributed by atoms with Gasteiger partial charge in [-0.25, -0.2) is 9.59 Å². The van der Waals surface area contributed by atoms with Crippen molar-refractivity contribution in [1.29, 1.82) is 0 Å². The van der Waals surface area contributed by atoms with Crippen molar-refractivity contribution in [1.82, 2.24) is 0 Å². The Morgan fingerprint density at radius 2 is 1.79 bits per heavy atom. The molecule has 0 saturated heterocycles. The number of para-hydroxylation sites is 1. The summed E-state index contributed by atoms with van der Waals surface area (Å²) in [6, 6.07) is 5.52. The first kappa shape index (κ1) is 16.4. The van der Waals surface area contributed by atoms with E-state index in [9.17, 15) is 14.4 Å². The molecule has 0 bridgehead atoms. The van der Waals surface area contributed by atoms with Crippen LogP contribution >= 0.6 is 0 Å². The van der Waals surface area contributed by atoms with Crippen LogP contribution in [0.25, 0.3) is 0 Å². The van der Waals surface area contributed by atoms with Gasteiger partial charge < -0.3 is 26.0 Å². The summed E-state index contributed by atoms with van der Waals surface area (Å²) in [5.74, 6) is -2.26. The van der Waals surface area contributed by atoms with E-state index >= 15 is 0 Å². The molecule has 0 radical (unpaired) electrons. The summed E-state index contributed by atoms with van der Waals surface area (Å²) in [6.07, 6.45) is -1.20. The van der Waals surface area contributed by atoms with Crippen molar-refractivity contribution >= 4 is 18.0 Å². The Bertz CT molecular complexity index is 460. The fraction of sp³-hybridized carbons (Fsp3) is 0.182. The van der Waals surface area contributed by atoms with E-state index in [2.05, 4.69) is 15.2 Å². The zero-order valence-corrected chi connectivity index (χ0v) is 10.2. The van der Waals surface area contributed by atoms with Crippen LogP contribution in [-0.4, -0.2) is 36.8 Å². The van der Waals surface area contributed by atoms with Crippen molar-refractivity contribution in [2.24, 2.45) is 11.5 Å². The largest absolute Gasteiger partial charge is 0.514 e. The second-order valence-electron chi connectivity index (χ2n) is 2.91. The topological polar surface area (TPSA) is 142 Å². The van der Waals surface area contributed by atoms with Crippen LogP contribution in [0.3, 0.4) is 0 Å². The van der Waals surface area contributed by atoms with Gasteiger partial charge in [-0.2, -0.15) is 0 Å². The van der Waals surface area contributed by atoms with Gasteiger partial charge in [0.2, 0.25) is 0 Å². The maximum absolute atomic E-state index is 11.0. The molecule has 8 nitrogen and oxygen atoms in total. The fourth-order valence-electron chi connectivity index (χ4n) is 0.982. The van der Waals surface area contributed by atoms with Crippen molar-refractivity contribution < 1.29 is 29.0 Å². The highest BCUT2D eigenvalue weighted by Gasteiger charge is 2.14. The van der Waals surface area contributed by atoms with Crippen LogP contribution in [-0.2, 0) is 9.53 Å². The molecule has 0 aromatic heterocycles. The number of nitrogens with two attached hydrogens (primary N) is 2. The monoisotopic (exact) mass is 270 g/mol. The van der Waals surface area contributed by atoms with Gasteiger partial charge in [0.1, 0.15) is 11.3 Å². The number of aromatic carboxylic acids is 1. The molecule has 19 heavy (non-hydrogen) atoms. The average Bonchev–Trinajstić information content (AvgIpc) is 2.39. The summed E-state index contributed by atoms with van der Waals surface area (Å²) in [4.78, 5) is 32.1. The minimum Gasteiger partial charge on any atom is -0.478 e. The van der Waals surface area contributed by atoms with Crippen molar-refractivity contribution in [3.05, 3.63) is 29.8 Å². The number of hydrogen-bond donors (Lipinski definition) is 3. The van der Waals surface area contributed by atoms with Crippen LogP contribution in [0.4, 0.5) is 4.79 Å². The Kier molecular flexibility index (Phi) is 7.31. The van der Waals surface area contributed by atoms with Crippen LogP contribution in [0.15, 0.2) is 24.3 Å². The molecule has 0 saturated carbocycles. The Morgan fingerprint density at radius 3 is 2.32 bits per heavy atom. The van der Waals surface area contributed by atoms with Crippen molar-refractivity contribution in [2.45, 2.75) is 0 Å². The number of primary amides is 1. The normalized spacial score (nSPS) is 8.74. The summed E-state index contributed by atoms with van der Waals surface area (Å²) in [5, 5.41) is 8.79. The quantitative estimate of drug-likeness (QED) is 0.514. The van der Waals surface area contributed by atoms with E-state index in [1.165, 1.54) is 31.3 Å². The van der Waals surface area contributed by atoms with Crippen molar-refractivity contribution in [3.63, 3.8) is 0 Å². The summed E-state index contributed by atoms with van der Waals surface area (Å²) in [7, 11) is 1.50. The van der Waals surface area contributed by atoms with Crippen LogP contribution in [0, 0.1) is 0 Å². The fourth-order valence-corrected chi connectivity index (χ4v) is 0.982. The van der Waals surface area contributed by atoms with E-state index in [0.717, 1.165) is 0 Å². The van der Waals surface area contributed by atoms with Crippen LogP contribution < -0.4 is 16.2 Å². The molecular formula is C11H14N2O6. The van der Waals surface area contributed by atoms with Gasteiger partial charge in [-0.3, -0.25) is 4.79 Å². The zero-order valence-electron chi connectivity index (χ0n) is 10.2. The third-order valence-electron chi connectivity index (χ3n) is 1.64. The van der Waals surface area contributed by atoms with Crippen LogP contribution in [0.5, 0.6) is 5.75 Å². The first-order valence-corrected chi connectivity index (χ1v) is 5.03.